The lowest BCUT2D eigenvalue weighted by molar-refractivity contribution is -0.126. The highest BCUT2D eigenvalue weighted by atomic mass is 16.2. The van der Waals surface area contributed by atoms with Crippen molar-refractivity contribution in [3.8, 4) is 0 Å². The molecule has 0 aromatic rings. The van der Waals surface area contributed by atoms with Crippen molar-refractivity contribution in [2.45, 2.75) is 39.7 Å². The Morgan fingerprint density at radius 1 is 1.32 bits per heavy atom. The molecule has 0 aromatic carbocycles. The van der Waals surface area contributed by atoms with E-state index in [0.29, 0.717) is 5.92 Å². The first-order chi connectivity index (χ1) is 8.73. The molecule has 1 atom stereocenters. The van der Waals surface area contributed by atoms with E-state index in [2.05, 4.69) is 45.7 Å². The van der Waals surface area contributed by atoms with Crippen LogP contribution in [0.3, 0.4) is 0 Å². The van der Waals surface area contributed by atoms with Crippen molar-refractivity contribution in [2.75, 3.05) is 27.2 Å². The van der Waals surface area contributed by atoms with E-state index in [4.69, 9.17) is 0 Å². The summed E-state index contributed by atoms with van der Waals surface area (Å²) >= 11 is 0. The maximum absolute atomic E-state index is 12.4. The summed E-state index contributed by atoms with van der Waals surface area (Å²) < 4.78 is 0. The average Bonchev–Trinajstić information content (AvgIpc) is 2.34. The summed E-state index contributed by atoms with van der Waals surface area (Å²) in [6.45, 7) is 10.3. The van der Waals surface area contributed by atoms with E-state index in [-0.39, 0.29) is 11.4 Å². The van der Waals surface area contributed by atoms with Crippen molar-refractivity contribution >= 4 is 5.91 Å². The number of rotatable bonds is 4. The summed E-state index contributed by atoms with van der Waals surface area (Å²) in [5.41, 5.74) is 1.08. The molecule has 1 aliphatic rings. The number of carbonyl (C=O) groups is 1. The molecule has 3 heteroatoms. The van der Waals surface area contributed by atoms with Crippen LogP contribution >= 0.6 is 0 Å². The summed E-state index contributed by atoms with van der Waals surface area (Å²) in [6.07, 6.45) is 7.03. The molecule has 0 saturated heterocycles. The molecule has 1 unspecified atom stereocenters. The lowest BCUT2D eigenvalue weighted by Gasteiger charge is -2.33. The van der Waals surface area contributed by atoms with Crippen molar-refractivity contribution in [2.24, 2.45) is 5.92 Å². The van der Waals surface area contributed by atoms with Gasteiger partial charge in [-0.05, 0) is 40.2 Å². The van der Waals surface area contributed by atoms with Gasteiger partial charge in [0, 0.05) is 31.2 Å². The van der Waals surface area contributed by atoms with Gasteiger partial charge < -0.3 is 4.90 Å². The molecular formula is C16H28N2O. The predicted molar refractivity (Wildman–Crippen MR) is 81.0 cm³/mol. The molecule has 0 radical (unpaired) electrons. The second kappa shape index (κ2) is 6.38. The molecule has 1 amide bonds. The zero-order valence-electron chi connectivity index (χ0n) is 13.2. The average molecular weight is 264 g/mol. The molecule has 19 heavy (non-hydrogen) atoms. The number of allylic oxidation sites excluding steroid dienone is 3. The van der Waals surface area contributed by atoms with Gasteiger partial charge in [0.25, 0.3) is 0 Å². The SMILES string of the molecule is CC1CC=CC=C1C(=O)N(C)CCN(C)C(C)(C)C. The molecule has 108 valence electrons. The highest BCUT2D eigenvalue weighted by molar-refractivity contribution is 5.94. The first-order valence-corrected chi connectivity index (χ1v) is 7.07. The van der Waals surface area contributed by atoms with E-state index >= 15 is 0 Å². The van der Waals surface area contributed by atoms with Crippen LogP contribution in [0.25, 0.3) is 0 Å². The standard InChI is InChI=1S/C16H28N2O/c1-13-9-7-8-10-14(13)15(19)17(5)11-12-18(6)16(2,3)4/h7-8,10,13H,9,11-12H2,1-6H3. The van der Waals surface area contributed by atoms with Crippen molar-refractivity contribution in [3.63, 3.8) is 0 Å². The van der Waals surface area contributed by atoms with Gasteiger partial charge >= 0.3 is 0 Å². The molecule has 0 saturated carbocycles. The number of amides is 1. The quantitative estimate of drug-likeness (QED) is 0.779. The summed E-state index contributed by atoms with van der Waals surface area (Å²) in [5, 5.41) is 0. The van der Waals surface area contributed by atoms with Gasteiger partial charge in [-0.2, -0.15) is 0 Å². The molecule has 0 N–H and O–H groups in total. The summed E-state index contributed by atoms with van der Waals surface area (Å²) in [7, 11) is 3.99. The third-order valence-electron chi connectivity index (χ3n) is 3.94. The van der Waals surface area contributed by atoms with E-state index in [0.717, 1.165) is 25.1 Å². The minimum Gasteiger partial charge on any atom is -0.341 e. The van der Waals surface area contributed by atoms with Crippen LogP contribution in [0.1, 0.15) is 34.1 Å². The van der Waals surface area contributed by atoms with E-state index in [1.165, 1.54) is 0 Å². The first kappa shape index (κ1) is 16.0. The van der Waals surface area contributed by atoms with Crippen LogP contribution in [0, 0.1) is 5.92 Å². The van der Waals surface area contributed by atoms with E-state index in [1.807, 2.05) is 24.1 Å². The summed E-state index contributed by atoms with van der Waals surface area (Å²) in [6, 6.07) is 0. The zero-order valence-corrected chi connectivity index (χ0v) is 13.2. The van der Waals surface area contributed by atoms with Crippen LogP contribution in [0.4, 0.5) is 0 Å². The monoisotopic (exact) mass is 264 g/mol. The van der Waals surface area contributed by atoms with Gasteiger partial charge in [0.05, 0.1) is 0 Å². The first-order valence-electron chi connectivity index (χ1n) is 7.07. The Balaban J connectivity index is 2.54. The van der Waals surface area contributed by atoms with Crippen LogP contribution in [0.2, 0.25) is 0 Å². The van der Waals surface area contributed by atoms with E-state index in [9.17, 15) is 4.79 Å². The Bertz CT molecular complexity index is 377. The fourth-order valence-electron chi connectivity index (χ4n) is 1.99. The van der Waals surface area contributed by atoms with Gasteiger partial charge in [0.1, 0.15) is 0 Å². The van der Waals surface area contributed by atoms with Crippen molar-refractivity contribution in [1.82, 2.24) is 9.80 Å². The highest BCUT2D eigenvalue weighted by Gasteiger charge is 2.22. The Morgan fingerprint density at radius 2 is 1.95 bits per heavy atom. The zero-order chi connectivity index (χ0) is 14.6. The third kappa shape index (κ3) is 4.50. The van der Waals surface area contributed by atoms with Crippen LogP contribution in [0.5, 0.6) is 0 Å². The number of hydrogen-bond acceptors (Lipinski definition) is 2. The summed E-state index contributed by atoms with van der Waals surface area (Å²) in [4.78, 5) is 16.5. The van der Waals surface area contributed by atoms with Gasteiger partial charge in [-0.15, -0.1) is 0 Å². The van der Waals surface area contributed by atoms with E-state index in [1.54, 1.807) is 0 Å². The number of hydrogen-bond donors (Lipinski definition) is 0. The molecule has 0 spiro atoms. The third-order valence-corrected chi connectivity index (χ3v) is 3.94. The Hall–Kier alpha value is -1.09. The molecule has 0 heterocycles. The number of likely N-dealkylation sites (N-methyl/N-ethyl adjacent to an activating group) is 2. The maximum atomic E-state index is 12.4. The molecule has 3 nitrogen and oxygen atoms in total. The molecule has 0 aromatic heterocycles. The van der Waals surface area contributed by atoms with Crippen LogP contribution < -0.4 is 0 Å². The van der Waals surface area contributed by atoms with Crippen molar-refractivity contribution < 1.29 is 4.79 Å². The maximum Gasteiger partial charge on any atom is 0.249 e. The fraction of sp³-hybridized carbons (Fsp3) is 0.688. The lowest BCUT2D eigenvalue weighted by Crippen LogP contribution is -2.43. The Kier molecular flexibility index (Phi) is 5.36. The van der Waals surface area contributed by atoms with Crippen LogP contribution in [-0.2, 0) is 4.79 Å². The Labute approximate surface area is 118 Å². The van der Waals surface area contributed by atoms with Gasteiger partial charge in [0.15, 0.2) is 0 Å². The van der Waals surface area contributed by atoms with Crippen LogP contribution in [-0.4, -0.2) is 48.4 Å². The smallest absolute Gasteiger partial charge is 0.249 e. The van der Waals surface area contributed by atoms with Crippen molar-refractivity contribution in [1.29, 1.82) is 0 Å². The number of carbonyl (C=O) groups excluding carboxylic acids is 1. The minimum absolute atomic E-state index is 0.143. The molecular weight excluding hydrogens is 236 g/mol. The van der Waals surface area contributed by atoms with Gasteiger partial charge in [0.2, 0.25) is 5.91 Å². The lowest BCUT2D eigenvalue weighted by atomic mass is 9.92. The van der Waals surface area contributed by atoms with Crippen LogP contribution in [0.15, 0.2) is 23.8 Å². The second-order valence-corrected chi connectivity index (χ2v) is 6.51. The molecule has 1 aliphatic carbocycles. The number of nitrogens with zero attached hydrogens (tertiary/aromatic N) is 2. The molecule has 1 rings (SSSR count). The molecule has 0 bridgehead atoms. The largest absolute Gasteiger partial charge is 0.341 e. The minimum atomic E-state index is 0.143. The topological polar surface area (TPSA) is 23.6 Å². The highest BCUT2D eigenvalue weighted by Crippen LogP contribution is 2.21. The van der Waals surface area contributed by atoms with Gasteiger partial charge in [-0.25, -0.2) is 0 Å². The normalized spacial score (nSPS) is 19.5. The van der Waals surface area contributed by atoms with Crippen molar-refractivity contribution in [3.05, 3.63) is 23.8 Å². The second-order valence-electron chi connectivity index (χ2n) is 6.51. The summed E-state index contributed by atoms with van der Waals surface area (Å²) in [5.74, 6) is 0.499. The predicted octanol–water partition coefficient (Wildman–Crippen LogP) is 2.70. The molecule has 0 aliphatic heterocycles. The Morgan fingerprint density at radius 3 is 2.47 bits per heavy atom. The van der Waals surface area contributed by atoms with Gasteiger partial charge in [-0.3, -0.25) is 9.69 Å². The molecule has 0 fully saturated rings. The van der Waals surface area contributed by atoms with E-state index < -0.39 is 0 Å². The fourth-order valence-corrected chi connectivity index (χ4v) is 1.99. The van der Waals surface area contributed by atoms with Gasteiger partial charge in [-0.1, -0.05) is 25.2 Å².